The number of nitrogens with two attached hydrogens (primary N) is 1. The SMILES string of the molecule is COc1cc2ncnc(N3CCC(CCn4nnc(N)n4)CC3)c2cc1OC. The molecule has 0 bridgehead atoms. The standard InChI is InChI=1S/C18H24N8O2/c1-27-15-9-13-14(10-16(15)28-2)20-11-21-17(13)25-6-3-12(4-7-25)5-8-26-23-18(19)22-24-26/h9-12H,3-8H2,1-2H3,(H2,19,23). The summed E-state index contributed by atoms with van der Waals surface area (Å²) in [6.07, 6.45) is 4.79. The van der Waals surface area contributed by atoms with Gasteiger partial charge < -0.3 is 20.1 Å². The Morgan fingerprint density at radius 1 is 1.11 bits per heavy atom. The molecular weight excluding hydrogens is 360 g/mol. The lowest BCUT2D eigenvalue weighted by Gasteiger charge is -2.33. The van der Waals surface area contributed by atoms with Crippen LogP contribution in [0.1, 0.15) is 19.3 Å². The summed E-state index contributed by atoms with van der Waals surface area (Å²) in [6, 6.07) is 3.85. The maximum Gasteiger partial charge on any atom is 0.260 e. The first-order chi connectivity index (χ1) is 13.7. The Morgan fingerprint density at radius 2 is 1.86 bits per heavy atom. The second-order valence-electron chi connectivity index (χ2n) is 6.88. The van der Waals surface area contributed by atoms with Gasteiger partial charge in [-0.2, -0.15) is 4.80 Å². The fourth-order valence-corrected chi connectivity index (χ4v) is 3.70. The number of ether oxygens (including phenoxy) is 2. The molecule has 1 saturated heterocycles. The Hall–Kier alpha value is -3.17. The summed E-state index contributed by atoms with van der Waals surface area (Å²) in [5.74, 6) is 3.13. The number of methoxy groups -OCH3 is 2. The minimum Gasteiger partial charge on any atom is -0.493 e. The third-order valence-electron chi connectivity index (χ3n) is 5.24. The highest BCUT2D eigenvalue weighted by Crippen LogP contribution is 2.35. The zero-order valence-electron chi connectivity index (χ0n) is 16.1. The number of benzene rings is 1. The number of aryl methyl sites for hydroxylation is 1. The zero-order chi connectivity index (χ0) is 19.5. The molecular formula is C18H24N8O2. The molecule has 3 aromatic rings. The molecule has 0 aliphatic carbocycles. The Bertz CT molecular complexity index is 952. The lowest BCUT2D eigenvalue weighted by Crippen LogP contribution is -2.34. The molecule has 4 rings (SSSR count). The third-order valence-corrected chi connectivity index (χ3v) is 5.24. The lowest BCUT2D eigenvalue weighted by molar-refractivity contribution is 0.340. The van der Waals surface area contributed by atoms with Crippen molar-refractivity contribution in [3.63, 3.8) is 0 Å². The van der Waals surface area contributed by atoms with Gasteiger partial charge in [-0.1, -0.05) is 5.10 Å². The number of anilines is 2. The molecule has 10 nitrogen and oxygen atoms in total. The summed E-state index contributed by atoms with van der Waals surface area (Å²) in [5, 5.41) is 12.7. The summed E-state index contributed by atoms with van der Waals surface area (Å²) in [6.45, 7) is 2.62. The van der Waals surface area contributed by atoms with Crippen LogP contribution in [0, 0.1) is 5.92 Å². The van der Waals surface area contributed by atoms with Gasteiger partial charge in [-0.25, -0.2) is 9.97 Å². The van der Waals surface area contributed by atoms with Crippen molar-refractivity contribution in [3.05, 3.63) is 18.5 Å². The van der Waals surface area contributed by atoms with E-state index in [0.29, 0.717) is 17.4 Å². The molecule has 2 aromatic heterocycles. The number of hydrogen-bond donors (Lipinski definition) is 1. The van der Waals surface area contributed by atoms with E-state index in [2.05, 4.69) is 30.3 Å². The van der Waals surface area contributed by atoms with Crippen LogP contribution in [-0.2, 0) is 6.54 Å². The molecule has 1 aliphatic heterocycles. The predicted molar refractivity (Wildman–Crippen MR) is 104 cm³/mol. The molecule has 0 saturated carbocycles. The maximum atomic E-state index is 5.51. The Balaban J connectivity index is 1.46. The van der Waals surface area contributed by atoms with Crippen LogP contribution in [-0.4, -0.2) is 57.5 Å². The van der Waals surface area contributed by atoms with E-state index in [4.69, 9.17) is 15.2 Å². The highest BCUT2D eigenvalue weighted by Gasteiger charge is 2.22. The van der Waals surface area contributed by atoms with Gasteiger partial charge in [-0.3, -0.25) is 0 Å². The van der Waals surface area contributed by atoms with Gasteiger partial charge in [0.15, 0.2) is 11.5 Å². The van der Waals surface area contributed by atoms with Crippen molar-refractivity contribution in [2.45, 2.75) is 25.8 Å². The van der Waals surface area contributed by atoms with E-state index in [9.17, 15) is 0 Å². The van der Waals surface area contributed by atoms with Crippen LogP contribution in [0.3, 0.4) is 0 Å². The molecule has 28 heavy (non-hydrogen) atoms. The van der Waals surface area contributed by atoms with Crippen molar-refractivity contribution >= 4 is 22.7 Å². The highest BCUT2D eigenvalue weighted by atomic mass is 16.5. The molecule has 2 N–H and O–H groups in total. The second-order valence-corrected chi connectivity index (χ2v) is 6.88. The van der Waals surface area contributed by atoms with Gasteiger partial charge in [0.05, 0.1) is 26.3 Å². The van der Waals surface area contributed by atoms with Gasteiger partial charge in [0, 0.05) is 24.5 Å². The molecule has 1 aromatic carbocycles. The number of rotatable bonds is 6. The normalized spacial score (nSPS) is 15.1. The third kappa shape index (κ3) is 3.62. The first-order valence-electron chi connectivity index (χ1n) is 9.33. The fraction of sp³-hybridized carbons (Fsp3) is 0.500. The van der Waals surface area contributed by atoms with Gasteiger partial charge in [0.1, 0.15) is 12.1 Å². The van der Waals surface area contributed by atoms with Gasteiger partial charge in [0.2, 0.25) is 0 Å². The smallest absolute Gasteiger partial charge is 0.260 e. The van der Waals surface area contributed by atoms with E-state index < -0.39 is 0 Å². The monoisotopic (exact) mass is 384 g/mol. The van der Waals surface area contributed by atoms with Gasteiger partial charge in [0.25, 0.3) is 5.95 Å². The lowest BCUT2D eigenvalue weighted by atomic mass is 9.93. The quantitative estimate of drug-likeness (QED) is 0.675. The summed E-state index contributed by atoms with van der Waals surface area (Å²) in [7, 11) is 3.26. The minimum absolute atomic E-state index is 0.220. The Morgan fingerprint density at radius 3 is 2.54 bits per heavy atom. The van der Waals surface area contributed by atoms with Crippen molar-refractivity contribution in [2.75, 3.05) is 37.9 Å². The van der Waals surface area contributed by atoms with E-state index in [-0.39, 0.29) is 5.95 Å². The van der Waals surface area contributed by atoms with Crippen LogP contribution >= 0.6 is 0 Å². The number of piperidine rings is 1. The molecule has 0 spiro atoms. The number of aromatic nitrogens is 6. The van der Waals surface area contributed by atoms with Crippen LogP contribution in [0.5, 0.6) is 11.5 Å². The van der Waals surface area contributed by atoms with Gasteiger partial charge >= 0.3 is 0 Å². The van der Waals surface area contributed by atoms with Crippen molar-refractivity contribution in [1.82, 2.24) is 30.2 Å². The van der Waals surface area contributed by atoms with Crippen LogP contribution in [0.4, 0.5) is 11.8 Å². The summed E-state index contributed by atoms with van der Waals surface area (Å²) < 4.78 is 10.8. The number of nitrogens with zero attached hydrogens (tertiary/aromatic N) is 7. The summed E-state index contributed by atoms with van der Waals surface area (Å²) >= 11 is 0. The van der Waals surface area contributed by atoms with Crippen LogP contribution < -0.4 is 20.1 Å². The van der Waals surface area contributed by atoms with Crippen molar-refractivity contribution in [3.8, 4) is 11.5 Å². The second kappa shape index (κ2) is 7.83. The molecule has 148 valence electrons. The highest BCUT2D eigenvalue weighted by molar-refractivity contribution is 5.92. The molecule has 1 fully saturated rings. The minimum atomic E-state index is 0.220. The average Bonchev–Trinajstić information content (AvgIpc) is 3.16. The average molecular weight is 384 g/mol. The van der Waals surface area contributed by atoms with Gasteiger partial charge in [-0.05, 0) is 36.5 Å². The molecule has 0 amide bonds. The molecule has 1 aliphatic rings. The number of fused-ring (bicyclic) bond motifs is 1. The topological polar surface area (TPSA) is 117 Å². The van der Waals surface area contributed by atoms with E-state index in [0.717, 1.165) is 55.6 Å². The van der Waals surface area contributed by atoms with Crippen molar-refractivity contribution < 1.29 is 9.47 Å². The molecule has 0 radical (unpaired) electrons. The van der Waals surface area contributed by atoms with Crippen molar-refractivity contribution in [2.24, 2.45) is 5.92 Å². The fourth-order valence-electron chi connectivity index (χ4n) is 3.70. The number of nitrogen functional groups attached to an aromatic ring is 1. The van der Waals surface area contributed by atoms with Crippen LogP contribution in [0.25, 0.3) is 10.9 Å². The Labute approximate surface area is 162 Å². The number of tetrazole rings is 1. The zero-order valence-corrected chi connectivity index (χ0v) is 16.1. The largest absolute Gasteiger partial charge is 0.493 e. The van der Waals surface area contributed by atoms with E-state index in [1.54, 1.807) is 25.3 Å². The molecule has 3 heterocycles. The van der Waals surface area contributed by atoms with Crippen LogP contribution in [0.15, 0.2) is 18.5 Å². The van der Waals surface area contributed by atoms with E-state index >= 15 is 0 Å². The van der Waals surface area contributed by atoms with Crippen molar-refractivity contribution in [1.29, 1.82) is 0 Å². The molecule has 0 unspecified atom stereocenters. The molecule has 0 atom stereocenters. The van der Waals surface area contributed by atoms with Crippen LogP contribution in [0.2, 0.25) is 0 Å². The first kappa shape index (κ1) is 18.2. The summed E-state index contributed by atoms with van der Waals surface area (Å²) in [4.78, 5) is 12.8. The van der Waals surface area contributed by atoms with E-state index in [1.165, 1.54) is 0 Å². The Kier molecular flexibility index (Phi) is 5.09. The number of hydrogen-bond acceptors (Lipinski definition) is 9. The molecule has 10 heteroatoms. The van der Waals surface area contributed by atoms with Gasteiger partial charge in [-0.15, -0.1) is 5.10 Å². The first-order valence-corrected chi connectivity index (χ1v) is 9.33. The summed E-state index contributed by atoms with van der Waals surface area (Å²) in [5.41, 5.74) is 6.36. The predicted octanol–water partition coefficient (Wildman–Crippen LogP) is 1.52. The van der Waals surface area contributed by atoms with E-state index in [1.807, 2.05) is 12.1 Å². The maximum absolute atomic E-state index is 5.51.